The molecular formula is C26H22Cl3F2N3O. The van der Waals surface area contributed by atoms with Gasteiger partial charge in [0.05, 0.1) is 21.1 Å². The lowest BCUT2D eigenvalue weighted by molar-refractivity contribution is -0.117. The van der Waals surface area contributed by atoms with Crippen molar-refractivity contribution < 1.29 is 13.6 Å². The Balaban J connectivity index is 0.000000179. The molecular weight excluding hydrogens is 515 g/mol. The molecule has 1 fully saturated rings. The third kappa shape index (κ3) is 5.06. The van der Waals surface area contributed by atoms with Crippen LogP contribution >= 0.6 is 34.8 Å². The number of halogens is 5. The summed E-state index contributed by atoms with van der Waals surface area (Å²) < 4.78 is 26.3. The van der Waals surface area contributed by atoms with Crippen molar-refractivity contribution in [2.75, 3.05) is 11.4 Å². The van der Waals surface area contributed by atoms with Crippen molar-refractivity contribution >= 4 is 68.3 Å². The van der Waals surface area contributed by atoms with E-state index in [1.807, 2.05) is 20.8 Å². The molecule has 1 aliphatic rings. The topological polar surface area (TPSA) is 46.1 Å². The molecule has 0 N–H and O–H groups in total. The van der Waals surface area contributed by atoms with Gasteiger partial charge >= 0.3 is 0 Å². The number of rotatable bonds is 1. The summed E-state index contributed by atoms with van der Waals surface area (Å²) in [5.41, 5.74) is 2.33. The van der Waals surface area contributed by atoms with Gasteiger partial charge in [-0.1, -0.05) is 48.7 Å². The lowest BCUT2D eigenvalue weighted by atomic mass is 9.93. The Labute approximate surface area is 216 Å². The van der Waals surface area contributed by atoms with E-state index < -0.39 is 0 Å². The maximum absolute atomic E-state index is 13.4. The quantitative estimate of drug-likeness (QED) is 0.231. The number of fused-ring (bicyclic) bond motifs is 2. The number of carbonyl (C=O) groups is 1. The lowest BCUT2D eigenvalue weighted by Crippen LogP contribution is -2.27. The first-order chi connectivity index (χ1) is 16.4. The van der Waals surface area contributed by atoms with Gasteiger partial charge in [-0.3, -0.25) is 9.69 Å². The minimum Gasteiger partial charge on any atom is -0.296 e. The molecule has 0 radical (unpaired) electrons. The van der Waals surface area contributed by atoms with Gasteiger partial charge < -0.3 is 0 Å². The van der Waals surface area contributed by atoms with Crippen LogP contribution in [-0.4, -0.2) is 22.4 Å². The van der Waals surface area contributed by atoms with Crippen LogP contribution in [-0.2, 0) is 4.79 Å². The Morgan fingerprint density at radius 3 is 1.89 bits per heavy atom. The number of benzene rings is 2. The zero-order valence-electron chi connectivity index (χ0n) is 19.5. The Kier molecular flexibility index (Phi) is 6.93. The molecule has 2 aromatic heterocycles. The first kappa shape index (κ1) is 25.5. The number of hydrogen-bond acceptors (Lipinski definition) is 3. The van der Waals surface area contributed by atoms with Crippen LogP contribution in [0.1, 0.15) is 31.4 Å². The minimum atomic E-state index is -0.367. The molecule has 1 aliphatic heterocycles. The lowest BCUT2D eigenvalue weighted by Gasteiger charge is -2.21. The SMILES string of the molecule is Cc1c(Cl)nc2cc(F)ccc2c1Cl.Cc1c(N2CC(C)(C)CC2=O)nc2cc(F)ccc2c1Cl. The van der Waals surface area contributed by atoms with Crippen LogP contribution in [0.3, 0.4) is 0 Å². The molecule has 0 unspecified atom stereocenters. The number of amides is 1. The van der Waals surface area contributed by atoms with Gasteiger partial charge in [-0.25, -0.2) is 18.7 Å². The van der Waals surface area contributed by atoms with Crippen LogP contribution in [0.5, 0.6) is 0 Å². The van der Waals surface area contributed by atoms with Crippen molar-refractivity contribution in [3.63, 3.8) is 0 Å². The van der Waals surface area contributed by atoms with Crippen LogP contribution in [0.2, 0.25) is 15.2 Å². The highest BCUT2D eigenvalue weighted by Gasteiger charge is 2.38. The second-order valence-corrected chi connectivity index (χ2v) is 10.5. The zero-order valence-corrected chi connectivity index (χ0v) is 21.8. The first-order valence-electron chi connectivity index (χ1n) is 10.8. The van der Waals surface area contributed by atoms with Gasteiger partial charge in [0.15, 0.2) is 0 Å². The molecule has 2 aromatic carbocycles. The van der Waals surface area contributed by atoms with Crippen LogP contribution < -0.4 is 4.90 Å². The number of carbonyl (C=O) groups excluding carboxylic acids is 1. The number of pyridine rings is 2. The summed E-state index contributed by atoms with van der Waals surface area (Å²) in [6.07, 6.45) is 0.479. The van der Waals surface area contributed by atoms with Crippen LogP contribution in [0, 0.1) is 30.9 Å². The Bertz CT molecular complexity index is 1490. The van der Waals surface area contributed by atoms with Gasteiger partial charge in [0.1, 0.15) is 22.6 Å². The van der Waals surface area contributed by atoms with E-state index in [-0.39, 0.29) is 23.0 Å². The zero-order chi connectivity index (χ0) is 25.7. The van der Waals surface area contributed by atoms with E-state index in [4.69, 9.17) is 34.8 Å². The first-order valence-corrected chi connectivity index (χ1v) is 12.0. The Hall–Kier alpha value is -2.54. The van der Waals surface area contributed by atoms with E-state index in [0.29, 0.717) is 56.0 Å². The summed E-state index contributed by atoms with van der Waals surface area (Å²) in [4.78, 5) is 22.4. The van der Waals surface area contributed by atoms with Gasteiger partial charge in [0, 0.05) is 47.0 Å². The van der Waals surface area contributed by atoms with Crippen molar-refractivity contribution in [3.05, 3.63) is 74.4 Å². The molecule has 0 bridgehead atoms. The van der Waals surface area contributed by atoms with E-state index in [2.05, 4.69) is 9.97 Å². The number of hydrogen-bond donors (Lipinski definition) is 0. The monoisotopic (exact) mass is 535 g/mol. The number of aromatic nitrogens is 2. The van der Waals surface area contributed by atoms with Crippen molar-refractivity contribution in [3.8, 4) is 0 Å². The summed E-state index contributed by atoms with van der Waals surface area (Å²) >= 11 is 18.2. The van der Waals surface area contributed by atoms with E-state index in [1.165, 1.54) is 24.3 Å². The van der Waals surface area contributed by atoms with Gasteiger partial charge in [-0.05, 0) is 43.5 Å². The molecule has 4 aromatic rings. The second kappa shape index (κ2) is 9.49. The van der Waals surface area contributed by atoms with Crippen molar-refractivity contribution in [2.24, 2.45) is 5.41 Å². The molecule has 4 nitrogen and oxygen atoms in total. The largest absolute Gasteiger partial charge is 0.296 e. The molecule has 182 valence electrons. The average Bonchev–Trinajstić information content (AvgIpc) is 3.06. The molecule has 0 saturated carbocycles. The maximum atomic E-state index is 13.4. The predicted octanol–water partition coefficient (Wildman–Crippen LogP) is 8.09. The summed E-state index contributed by atoms with van der Waals surface area (Å²) in [6, 6.07) is 8.58. The summed E-state index contributed by atoms with van der Waals surface area (Å²) in [5.74, 6) is -0.147. The molecule has 0 spiro atoms. The minimum absolute atomic E-state index is 0.0300. The maximum Gasteiger partial charge on any atom is 0.228 e. The van der Waals surface area contributed by atoms with Crippen LogP contribution in [0.15, 0.2) is 36.4 Å². The fraction of sp³-hybridized carbons (Fsp3) is 0.269. The van der Waals surface area contributed by atoms with E-state index >= 15 is 0 Å². The standard InChI is InChI=1S/C16H16ClFN2O.C10H6Cl2FN/c1-9-14(17)11-5-4-10(18)6-12(11)19-15(9)20-8-16(2,3)7-13(20)21;1-5-9(11)7-3-2-6(13)4-8(7)14-10(5)12/h4-6H,7-8H2,1-3H3;2-4H,1H3. The van der Waals surface area contributed by atoms with Crippen molar-refractivity contribution in [1.29, 1.82) is 0 Å². The molecule has 9 heteroatoms. The predicted molar refractivity (Wildman–Crippen MR) is 139 cm³/mol. The third-order valence-corrected chi connectivity index (χ3v) is 7.26. The van der Waals surface area contributed by atoms with Crippen LogP contribution in [0.4, 0.5) is 14.6 Å². The molecule has 35 heavy (non-hydrogen) atoms. The average molecular weight is 537 g/mol. The highest BCUT2D eigenvalue weighted by molar-refractivity contribution is 6.39. The van der Waals surface area contributed by atoms with Gasteiger partial charge in [0.2, 0.25) is 5.91 Å². The molecule has 0 aliphatic carbocycles. The fourth-order valence-corrected chi connectivity index (χ4v) is 4.81. The highest BCUT2D eigenvalue weighted by atomic mass is 35.5. The van der Waals surface area contributed by atoms with Crippen LogP contribution in [0.25, 0.3) is 21.8 Å². The molecule has 0 atom stereocenters. The fourth-order valence-electron chi connectivity index (χ4n) is 4.08. The highest BCUT2D eigenvalue weighted by Crippen LogP contribution is 2.38. The van der Waals surface area contributed by atoms with E-state index in [9.17, 15) is 13.6 Å². The van der Waals surface area contributed by atoms with E-state index in [0.717, 1.165) is 10.9 Å². The number of anilines is 1. The molecule has 3 heterocycles. The second-order valence-electron chi connectivity index (χ2n) is 9.36. The summed E-state index contributed by atoms with van der Waals surface area (Å²) in [6.45, 7) is 8.30. The molecule has 1 amide bonds. The molecule has 5 rings (SSSR count). The summed E-state index contributed by atoms with van der Waals surface area (Å²) in [5, 5.41) is 2.78. The van der Waals surface area contributed by atoms with Crippen molar-refractivity contribution in [1.82, 2.24) is 9.97 Å². The normalized spacial score (nSPS) is 15.0. The summed E-state index contributed by atoms with van der Waals surface area (Å²) in [7, 11) is 0. The van der Waals surface area contributed by atoms with Gasteiger partial charge in [0.25, 0.3) is 0 Å². The Morgan fingerprint density at radius 1 is 0.857 bits per heavy atom. The van der Waals surface area contributed by atoms with E-state index in [1.54, 1.807) is 24.0 Å². The smallest absolute Gasteiger partial charge is 0.228 e. The molecule has 1 saturated heterocycles. The third-order valence-electron chi connectivity index (χ3n) is 5.91. The van der Waals surface area contributed by atoms with Gasteiger partial charge in [-0.15, -0.1) is 0 Å². The number of nitrogens with zero attached hydrogens (tertiary/aromatic N) is 3. The van der Waals surface area contributed by atoms with Crippen molar-refractivity contribution in [2.45, 2.75) is 34.1 Å². The Morgan fingerprint density at radius 2 is 1.37 bits per heavy atom. The van der Waals surface area contributed by atoms with Gasteiger partial charge in [-0.2, -0.15) is 0 Å².